The molecule has 1 amide bonds. The van der Waals surface area contributed by atoms with Gasteiger partial charge in [-0.2, -0.15) is 0 Å². The predicted octanol–water partition coefficient (Wildman–Crippen LogP) is 2.16. The molecule has 0 spiro atoms. The van der Waals surface area contributed by atoms with Crippen LogP contribution in [0.4, 0.5) is 11.4 Å². The molecule has 0 unspecified atom stereocenters. The smallest absolute Gasteiger partial charge is 0.253 e. The third-order valence-electron chi connectivity index (χ3n) is 3.25. The predicted molar refractivity (Wildman–Crippen MR) is 84.2 cm³/mol. The highest BCUT2D eigenvalue weighted by Crippen LogP contribution is 2.16. The molecule has 5 nitrogen and oxygen atoms in total. The van der Waals surface area contributed by atoms with Crippen LogP contribution in [-0.2, 0) is 11.3 Å². The number of nitrogens with one attached hydrogen (secondary N) is 1. The number of hydrogen-bond acceptors (Lipinski definition) is 3. The first-order valence-corrected chi connectivity index (χ1v) is 6.88. The van der Waals surface area contributed by atoms with E-state index in [0.29, 0.717) is 36.3 Å². The molecule has 110 valence electrons. The Kier molecular flexibility index (Phi) is 4.77. The van der Waals surface area contributed by atoms with Crippen LogP contribution in [0.15, 0.2) is 47.4 Å². The summed E-state index contributed by atoms with van der Waals surface area (Å²) >= 11 is 0. The van der Waals surface area contributed by atoms with E-state index < -0.39 is 0 Å². The zero-order valence-corrected chi connectivity index (χ0v) is 12.0. The average Bonchev–Trinajstić information content (AvgIpc) is 2.46. The maximum absolute atomic E-state index is 11.9. The molecule has 0 atom stereocenters. The second kappa shape index (κ2) is 6.74. The SMILES string of the molecule is Cc1cccn(CCCC(=O)Nc2ccccc2N)c1=O. The first-order chi connectivity index (χ1) is 10.1. The van der Waals surface area contributed by atoms with Crippen LogP contribution in [0.1, 0.15) is 18.4 Å². The summed E-state index contributed by atoms with van der Waals surface area (Å²) in [5.74, 6) is -0.103. The van der Waals surface area contributed by atoms with Crippen LogP contribution in [0.2, 0.25) is 0 Å². The van der Waals surface area contributed by atoms with Crippen molar-refractivity contribution in [2.24, 2.45) is 0 Å². The molecule has 1 aromatic heterocycles. The average molecular weight is 285 g/mol. The lowest BCUT2D eigenvalue weighted by Crippen LogP contribution is -2.22. The fourth-order valence-corrected chi connectivity index (χ4v) is 2.07. The number of carbonyl (C=O) groups excluding carboxylic acids is 1. The summed E-state index contributed by atoms with van der Waals surface area (Å²) in [7, 11) is 0. The van der Waals surface area contributed by atoms with Gasteiger partial charge in [-0.05, 0) is 31.5 Å². The van der Waals surface area contributed by atoms with E-state index in [-0.39, 0.29) is 11.5 Å². The van der Waals surface area contributed by atoms with E-state index in [1.54, 1.807) is 35.9 Å². The number of hydrogen-bond donors (Lipinski definition) is 2. The fourth-order valence-electron chi connectivity index (χ4n) is 2.07. The molecule has 1 heterocycles. The van der Waals surface area contributed by atoms with Crippen molar-refractivity contribution >= 4 is 17.3 Å². The molecule has 0 saturated heterocycles. The van der Waals surface area contributed by atoms with Gasteiger partial charge < -0.3 is 15.6 Å². The third-order valence-corrected chi connectivity index (χ3v) is 3.25. The van der Waals surface area contributed by atoms with Crippen molar-refractivity contribution in [1.82, 2.24) is 4.57 Å². The van der Waals surface area contributed by atoms with Gasteiger partial charge in [0.2, 0.25) is 5.91 Å². The first kappa shape index (κ1) is 14.8. The van der Waals surface area contributed by atoms with Crippen molar-refractivity contribution in [3.05, 3.63) is 58.5 Å². The number of nitrogens with zero attached hydrogens (tertiary/aromatic N) is 1. The molecule has 0 fully saturated rings. The van der Waals surface area contributed by atoms with Gasteiger partial charge in [-0.25, -0.2) is 0 Å². The molecule has 1 aromatic carbocycles. The Balaban J connectivity index is 1.86. The van der Waals surface area contributed by atoms with Crippen molar-refractivity contribution in [1.29, 1.82) is 0 Å². The largest absolute Gasteiger partial charge is 0.397 e. The molecule has 0 aliphatic heterocycles. The third kappa shape index (κ3) is 3.95. The zero-order valence-electron chi connectivity index (χ0n) is 12.0. The van der Waals surface area contributed by atoms with Crippen LogP contribution in [-0.4, -0.2) is 10.5 Å². The molecule has 0 aliphatic rings. The topological polar surface area (TPSA) is 77.1 Å². The monoisotopic (exact) mass is 285 g/mol. The van der Waals surface area contributed by atoms with Crippen molar-refractivity contribution in [3.8, 4) is 0 Å². The van der Waals surface area contributed by atoms with E-state index in [1.165, 1.54) is 0 Å². The highest BCUT2D eigenvalue weighted by Gasteiger charge is 2.05. The fraction of sp³-hybridized carbons (Fsp3) is 0.250. The van der Waals surface area contributed by atoms with Crippen molar-refractivity contribution < 1.29 is 4.79 Å². The minimum atomic E-state index is -0.103. The second-order valence-electron chi connectivity index (χ2n) is 4.93. The zero-order chi connectivity index (χ0) is 15.2. The van der Waals surface area contributed by atoms with Crippen molar-refractivity contribution in [2.75, 3.05) is 11.1 Å². The summed E-state index contributed by atoms with van der Waals surface area (Å²) in [4.78, 5) is 23.7. The molecule has 0 bridgehead atoms. The molecule has 5 heteroatoms. The van der Waals surface area contributed by atoms with Gasteiger partial charge in [0, 0.05) is 24.7 Å². The quantitative estimate of drug-likeness (QED) is 0.826. The Bertz CT molecular complexity index is 692. The Morgan fingerprint density at radius 2 is 2.00 bits per heavy atom. The van der Waals surface area contributed by atoms with Gasteiger partial charge in [0.05, 0.1) is 11.4 Å². The van der Waals surface area contributed by atoms with Crippen LogP contribution in [0, 0.1) is 6.92 Å². The minimum absolute atomic E-state index is 0.00906. The number of nitrogens with two attached hydrogens (primary N) is 1. The molecule has 0 aliphatic carbocycles. The lowest BCUT2D eigenvalue weighted by Gasteiger charge is -2.09. The normalized spacial score (nSPS) is 10.3. The lowest BCUT2D eigenvalue weighted by atomic mass is 10.2. The number of benzene rings is 1. The summed E-state index contributed by atoms with van der Waals surface area (Å²) in [6, 6.07) is 10.7. The van der Waals surface area contributed by atoms with E-state index in [0.717, 1.165) is 0 Å². The number of para-hydroxylation sites is 2. The van der Waals surface area contributed by atoms with Crippen LogP contribution >= 0.6 is 0 Å². The molecule has 0 radical (unpaired) electrons. The molecular weight excluding hydrogens is 266 g/mol. The van der Waals surface area contributed by atoms with Gasteiger partial charge in [-0.15, -0.1) is 0 Å². The lowest BCUT2D eigenvalue weighted by molar-refractivity contribution is -0.116. The summed E-state index contributed by atoms with van der Waals surface area (Å²) in [6.45, 7) is 2.31. The number of aryl methyl sites for hydroxylation is 2. The Morgan fingerprint density at radius 3 is 2.76 bits per heavy atom. The van der Waals surface area contributed by atoms with Gasteiger partial charge >= 0.3 is 0 Å². The van der Waals surface area contributed by atoms with Crippen LogP contribution in [0.5, 0.6) is 0 Å². The van der Waals surface area contributed by atoms with Crippen LogP contribution in [0.25, 0.3) is 0 Å². The van der Waals surface area contributed by atoms with Crippen molar-refractivity contribution in [3.63, 3.8) is 0 Å². The number of nitrogen functional groups attached to an aromatic ring is 1. The first-order valence-electron chi connectivity index (χ1n) is 6.88. The van der Waals surface area contributed by atoms with Gasteiger partial charge in [0.1, 0.15) is 0 Å². The van der Waals surface area contributed by atoms with Gasteiger partial charge in [0.15, 0.2) is 0 Å². The number of carbonyl (C=O) groups is 1. The van der Waals surface area contributed by atoms with E-state index in [9.17, 15) is 9.59 Å². The summed E-state index contributed by atoms with van der Waals surface area (Å²) in [5.41, 5.74) is 7.63. The van der Waals surface area contributed by atoms with Crippen LogP contribution in [0.3, 0.4) is 0 Å². The molecule has 2 rings (SSSR count). The standard InChI is InChI=1S/C16H19N3O2/c1-12-6-4-10-19(16(12)21)11-5-9-15(20)18-14-8-3-2-7-13(14)17/h2-4,6-8,10H,5,9,11,17H2,1H3,(H,18,20). The summed E-state index contributed by atoms with van der Waals surface area (Å²) in [5, 5.41) is 2.77. The molecular formula is C16H19N3O2. The van der Waals surface area contributed by atoms with E-state index in [4.69, 9.17) is 5.73 Å². The molecule has 2 aromatic rings. The van der Waals surface area contributed by atoms with E-state index in [1.807, 2.05) is 18.2 Å². The molecule has 21 heavy (non-hydrogen) atoms. The number of rotatable bonds is 5. The van der Waals surface area contributed by atoms with Crippen molar-refractivity contribution in [2.45, 2.75) is 26.3 Å². The van der Waals surface area contributed by atoms with Gasteiger partial charge in [0.25, 0.3) is 5.56 Å². The summed E-state index contributed by atoms with van der Waals surface area (Å²) in [6.07, 6.45) is 2.68. The van der Waals surface area contributed by atoms with Crippen LogP contribution < -0.4 is 16.6 Å². The van der Waals surface area contributed by atoms with Gasteiger partial charge in [-0.3, -0.25) is 9.59 Å². The number of pyridine rings is 1. The Hall–Kier alpha value is -2.56. The maximum Gasteiger partial charge on any atom is 0.253 e. The molecule has 3 N–H and O–H groups in total. The number of anilines is 2. The maximum atomic E-state index is 11.9. The Morgan fingerprint density at radius 1 is 1.24 bits per heavy atom. The second-order valence-corrected chi connectivity index (χ2v) is 4.93. The minimum Gasteiger partial charge on any atom is -0.397 e. The number of amides is 1. The van der Waals surface area contributed by atoms with E-state index >= 15 is 0 Å². The number of aromatic nitrogens is 1. The Labute approximate surface area is 123 Å². The highest BCUT2D eigenvalue weighted by molar-refractivity contribution is 5.93. The van der Waals surface area contributed by atoms with Gasteiger partial charge in [-0.1, -0.05) is 18.2 Å². The van der Waals surface area contributed by atoms with E-state index in [2.05, 4.69) is 5.32 Å². The summed E-state index contributed by atoms with van der Waals surface area (Å²) < 4.78 is 1.62. The highest BCUT2D eigenvalue weighted by atomic mass is 16.1. The molecule has 0 saturated carbocycles.